The van der Waals surface area contributed by atoms with E-state index in [0.29, 0.717) is 15.4 Å². The molecule has 1 aliphatic heterocycles. The highest BCUT2D eigenvalue weighted by molar-refractivity contribution is 7.16. The molecule has 8 heteroatoms. The number of thiazole rings is 1. The van der Waals surface area contributed by atoms with Crippen LogP contribution < -0.4 is 5.32 Å². The van der Waals surface area contributed by atoms with E-state index in [1.807, 2.05) is 6.92 Å². The minimum absolute atomic E-state index is 0.245. The SMILES string of the molecule is CC(NC(=O)c1cnc(-c2ccccc2F)s1)c1nnc2n1CCCC2. The summed E-state index contributed by atoms with van der Waals surface area (Å²) in [7, 11) is 0. The number of aryl methyl sites for hydroxylation is 1. The Balaban J connectivity index is 1.50. The number of nitrogens with zero attached hydrogens (tertiary/aromatic N) is 4. The van der Waals surface area contributed by atoms with Crippen LogP contribution >= 0.6 is 11.3 Å². The second-order valence-electron chi connectivity index (χ2n) is 6.29. The van der Waals surface area contributed by atoms with Crippen LogP contribution in [0.5, 0.6) is 0 Å². The lowest BCUT2D eigenvalue weighted by Crippen LogP contribution is -2.29. The van der Waals surface area contributed by atoms with Crippen LogP contribution in [0.4, 0.5) is 4.39 Å². The number of fused-ring (bicyclic) bond motifs is 1. The second-order valence-corrected chi connectivity index (χ2v) is 7.32. The lowest BCUT2D eigenvalue weighted by molar-refractivity contribution is 0.0941. The standard InChI is InChI=1S/C18H18FN5OS/c1-11(16-23-22-15-8-4-5-9-24(15)16)21-17(25)14-10-20-18(26-14)12-6-2-3-7-13(12)19/h2-3,6-7,10-11H,4-5,8-9H2,1H3,(H,21,25). The quantitative estimate of drug-likeness (QED) is 0.763. The van der Waals surface area contributed by atoms with E-state index >= 15 is 0 Å². The number of hydrogen-bond acceptors (Lipinski definition) is 5. The molecule has 1 aromatic carbocycles. The molecule has 0 radical (unpaired) electrons. The van der Waals surface area contributed by atoms with Gasteiger partial charge in [-0.25, -0.2) is 9.37 Å². The van der Waals surface area contributed by atoms with Crippen molar-refractivity contribution in [1.29, 1.82) is 0 Å². The first kappa shape index (κ1) is 16.8. The summed E-state index contributed by atoms with van der Waals surface area (Å²) in [4.78, 5) is 17.2. The lowest BCUT2D eigenvalue weighted by Gasteiger charge is -2.18. The Morgan fingerprint density at radius 3 is 3.00 bits per heavy atom. The van der Waals surface area contributed by atoms with Crippen molar-refractivity contribution >= 4 is 17.2 Å². The summed E-state index contributed by atoms with van der Waals surface area (Å²) < 4.78 is 16.0. The molecule has 1 N–H and O–H groups in total. The summed E-state index contributed by atoms with van der Waals surface area (Å²) in [5.74, 6) is 1.15. The average molecular weight is 371 g/mol. The first-order valence-electron chi connectivity index (χ1n) is 8.57. The van der Waals surface area contributed by atoms with Crippen LogP contribution in [-0.2, 0) is 13.0 Å². The fraction of sp³-hybridized carbons (Fsp3) is 0.333. The smallest absolute Gasteiger partial charge is 0.263 e. The summed E-state index contributed by atoms with van der Waals surface area (Å²) in [5, 5.41) is 11.9. The number of nitrogens with one attached hydrogen (secondary N) is 1. The van der Waals surface area contributed by atoms with Crippen molar-refractivity contribution in [3.63, 3.8) is 0 Å². The molecule has 1 atom stereocenters. The normalized spacial score (nSPS) is 14.7. The van der Waals surface area contributed by atoms with Gasteiger partial charge >= 0.3 is 0 Å². The molecule has 0 spiro atoms. The van der Waals surface area contributed by atoms with Crippen LogP contribution in [0.15, 0.2) is 30.5 Å². The number of aromatic nitrogens is 4. The third-order valence-corrected chi connectivity index (χ3v) is 5.49. The molecule has 1 unspecified atom stereocenters. The molecule has 2 aromatic heterocycles. The maximum absolute atomic E-state index is 13.9. The van der Waals surface area contributed by atoms with Crippen LogP contribution in [0.2, 0.25) is 0 Å². The van der Waals surface area contributed by atoms with Gasteiger partial charge in [0.25, 0.3) is 5.91 Å². The zero-order valence-electron chi connectivity index (χ0n) is 14.3. The van der Waals surface area contributed by atoms with Gasteiger partial charge in [-0.05, 0) is 31.9 Å². The second kappa shape index (κ2) is 6.95. The van der Waals surface area contributed by atoms with Crippen LogP contribution in [0, 0.1) is 5.82 Å². The summed E-state index contributed by atoms with van der Waals surface area (Å²) >= 11 is 1.17. The molecule has 0 bridgehead atoms. The summed E-state index contributed by atoms with van der Waals surface area (Å²) in [6.07, 6.45) is 4.63. The minimum atomic E-state index is -0.350. The van der Waals surface area contributed by atoms with Crippen LogP contribution in [0.25, 0.3) is 10.6 Å². The number of benzene rings is 1. The molecule has 0 fully saturated rings. The van der Waals surface area contributed by atoms with Crippen molar-refractivity contribution in [3.05, 3.63) is 52.8 Å². The van der Waals surface area contributed by atoms with Gasteiger partial charge in [-0.15, -0.1) is 21.5 Å². The number of rotatable bonds is 4. The Kier molecular flexibility index (Phi) is 4.50. The molecule has 3 heterocycles. The summed E-state index contributed by atoms with van der Waals surface area (Å²) in [6, 6.07) is 6.14. The fourth-order valence-electron chi connectivity index (χ4n) is 3.12. The van der Waals surface area contributed by atoms with E-state index in [4.69, 9.17) is 0 Å². The van der Waals surface area contributed by atoms with Gasteiger partial charge in [0.05, 0.1) is 12.2 Å². The highest BCUT2D eigenvalue weighted by Gasteiger charge is 2.22. The molecule has 26 heavy (non-hydrogen) atoms. The van der Waals surface area contributed by atoms with Gasteiger partial charge in [0, 0.05) is 18.5 Å². The highest BCUT2D eigenvalue weighted by atomic mass is 32.1. The van der Waals surface area contributed by atoms with Crippen molar-refractivity contribution in [2.24, 2.45) is 0 Å². The Bertz CT molecular complexity index is 951. The topological polar surface area (TPSA) is 72.7 Å². The first-order chi connectivity index (χ1) is 12.6. The van der Waals surface area contributed by atoms with E-state index in [-0.39, 0.29) is 17.8 Å². The predicted molar refractivity (Wildman–Crippen MR) is 96.3 cm³/mol. The molecule has 3 aromatic rings. The third-order valence-electron chi connectivity index (χ3n) is 4.46. The molecular formula is C18H18FN5OS. The predicted octanol–water partition coefficient (Wildman–Crippen LogP) is 3.37. The van der Waals surface area contributed by atoms with Crippen LogP contribution in [-0.4, -0.2) is 25.7 Å². The van der Waals surface area contributed by atoms with Crippen molar-refractivity contribution in [3.8, 4) is 10.6 Å². The van der Waals surface area contributed by atoms with E-state index in [0.717, 1.165) is 37.5 Å². The number of carbonyl (C=O) groups excluding carboxylic acids is 1. The van der Waals surface area contributed by atoms with E-state index < -0.39 is 0 Å². The molecule has 4 rings (SSSR count). The number of amides is 1. The number of halogens is 1. The third kappa shape index (κ3) is 3.12. The van der Waals surface area contributed by atoms with E-state index in [2.05, 4.69) is 25.1 Å². The highest BCUT2D eigenvalue weighted by Crippen LogP contribution is 2.27. The van der Waals surface area contributed by atoms with Gasteiger partial charge in [-0.2, -0.15) is 0 Å². The van der Waals surface area contributed by atoms with Gasteiger partial charge < -0.3 is 9.88 Å². The van der Waals surface area contributed by atoms with Gasteiger partial charge in [0.1, 0.15) is 21.5 Å². The largest absolute Gasteiger partial charge is 0.342 e. The van der Waals surface area contributed by atoms with Gasteiger partial charge in [-0.3, -0.25) is 4.79 Å². The van der Waals surface area contributed by atoms with Gasteiger partial charge in [0.2, 0.25) is 0 Å². The van der Waals surface area contributed by atoms with Gasteiger partial charge in [0.15, 0.2) is 5.82 Å². The Morgan fingerprint density at radius 2 is 2.15 bits per heavy atom. The van der Waals surface area contributed by atoms with Crippen molar-refractivity contribution in [2.45, 2.75) is 38.8 Å². The Labute approximate surface area is 154 Å². The van der Waals surface area contributed by atoms with E-state index in [1.54, 1.807) is 18.2 Å². The Hall–Kier alpha value is -2.61. The molecule has 0 saturated carbocycles. The Morgan fingerprint density at radius 1 is 1.31 bits per heavy atom. The maximum atomic E-state index is 13.9. The molecule has 134 valence electrons. The average Bonchev–Trinajstić information content (AvgIpc) is 3.29. The molecular weight excluding hydrogens is 353 g/mol. The van der Waals surface area contributed by atoms with E-state index in [9.17, 15) is 9.18 Å². The monoisotopic (exact) mass is 371 g/mol. The molecule has 1 amide bonds. The lowest BCUT2D eigenvalue weighted by atomic mass is 10.1. The first-order valence-corrected chi connectivity index (χ1v) is 9.38. The number of carbonyl (C=O) groups is 1. The van der Waals surface area contributed by atoms with Crippen molar-refractivity contribution in [1.82, 2.24) is 25.1 Å². The zero-order chi connectivity index (χ0) is 18.1. The van der Waals surface area contributed by atoms with Crippen LogP contribution in [0.3, 0.4) is 0 Å². The molecule has 0 saturated heterocycles. The molecule has 6 nitrogen and oxygen atoms in total. The molecule has 0 aliphatic carbocycles. The van der Waals surface area contributed by atoms with Crippen LogP contribution in [0.1, 0.15) is 47.1 Å². The van der Waals surface area contributed by atoms with E-state index in [1.165, 1.54) is 23.6 Å². The van der Waals surface area contributed by atoms with Gasteiger partial charge in [-0.1, -0.05) is 12.1 Å². The fourth-order valence-corrected chi connectivity index (χ4v) is 3.97. The summed E-state index contributed by atoms with van der Waals surface area (Å²) in [5.41, 5.74) is 0.399. The van der Waals surface area contributed by atoms with Crippen molar-refractivity contribution in [2.75, 3.05) is 0 Å². The maximum Gasteiger partial charge on any atom is 0.263 e. The van der Waals surface area contributed by atoms with Crippen molar-refractivity contribution < 1.29 is 9.18 Å². The zero-order valence-corrected chi connectivity index (χ0v) is 15.1. The molecule has 1 aliphatic rings. The minimum Gasteiger partial charge on any atom is -0.342 e. The summed E-state index contributed by atoms with van der Waals surface area (Å²) in [6.45, 7) is 2.78. The number of hydrogen-bond donors (Lipinski definition) is 1.